The fourth-order valence-corrected chi connectivity index (χ4v) is 1.95. The van der Waals surface area contributed by atoms with Gasteiger partial charge in [0.2, 0.25) is 0 Å². The van der Waals surface area contributed by atoms with Gasteiger partial charge in [-0.3, -0.25) is 4.79 Å². The van der Waals surface area contributed by atoms with Crippen LogP contribution in [0.4, 0.5) is 4.79 Å². The normalized spacial score (nSPS) is 23.2. The van der Waals surface area contributed by atoms with E-state index >= 15 is 0 Å². The van der Waals surface area contributed by atoms with Crippen LogP contribution in [-0.4, -0.2) is 80.0 Å². The molecule has 2 amide bonds. The lowest BCUT2D eigenvalue weighted by Crippen LogP contribution is -2.41. The molecule has 1 rings (SSSR count). The van der Waals surface area contributed by atoms with Gasteiger partial charge >= 0.3 is 12.0 Å². The van der Waals surface area contributed by atoms with Crippen LogP contribution in [0.1, 0.15) is 6.42 Å². The quantitative estimate of drug-likeness (QED) is 0.744. The standard InChI is InChI=1S/C11H20N2O5/c1-12(5-4-10(14)15)11(16)13-6-8(17-2)9(7-13)18-3/h8-9H,4-7H2,1-3H3,(H,14,15). The van der Waals surface area contributed by atoms with Crippen molar-refractivity contribution in [2.45, 2.75) is 18.6 Å². The molecule has 1 aliphatic rings. The van der Waals surface area contributed by atoms with E-state index in [-0.39, 0.29) is 31.2 Å². The zero-order chi connectivity index (χ0) is 13.7. The summed E-state index contributed by atoms with van der Waals surface area (Å²) >= 11 is 0. The molecule has 2 unspecified atom stereocenters. The van der Waals surface area contributed by atoms with E-state index in [2.05, 4.69) is 0 Å². The highest BCUT2D eigenvalue weighted by molar-refractivity contribution is 5.75. The predicted molar refractivity (Wildman–Crippen MR) is 63.4 cm³/mol. The number of carbonyl (C=O) groups is 2. The van der Waals surface area contributed by atoms with Gasteiger partial charge in [0, 0.05) is 27.8 Å². The van der Waals surface area contributed by atoms with Gasteiger partial charge in [0.1, 0.15) is 12.2 Å². The molecule has 0 aromatic rings. The zero-order valence-corrected chi connectivity index (χ0v) is 11.0. The van der Waals surface area contributed by atoms with Crippen molar-refractivity contribution in [3.8, 4) is 0 Å². The maximum absolute atomic E-state index is 12.0. The van der Waals surface area contributed by atoms with Crippen molar-refractivity contribution in [3.63, 3.8) is 0 Å². The second kappa shape index (κ2) is 6.55. The van der Waals surface area contributed by atoms with E-state index in [1.807, 2.05) is 0 Å². The minimum atomic E-state index is -0.916. The molecule has 0 spiro atoms. The summed E-state index contributed by atoms with van der Waals surface area (Å²) in [6.07, 6.45) is -0.323. The average molecular weight is 260 g/mol. The number of aliphatic carboxylic acids is 1. The first-order valence-electron chi connectivity index (χ1n) is 5.77. The molecule has 7 heteroatoms. The molecule has 0 radical (unpaired) electrons. The van der Waals surface area contributed by atoms with E-state index in [0.29, 0.717) is 13.1 Å². The fraction of sp³-hybridized carbons (Fsp3) is 0.818. The van der Waals surface area contributed by atoms with Gasteiger partial charge in [-0.25, -0.2) is 4.79 Å². The van der Waals surface area contributed by atoms with Crippen LogP contribution in [0.15, 0.2) is 0 Å². The van der Waals surface area contributed by atoms with Crippen LogP contribution in [0.2, 0.25) is 0 Å². The van der Waals surface area contributed by atoms with Gasteiger partial charge in [-0.05, 0) is 0 Å². The third-order valence-corrected chi connectivity index (χ3v) is 3.08. The Morgan fingerprint density at radius 3 is 2.17 bits per heavy atom. The SMILES string of the molecule is COC1CN(C(=O)N(C)CCC(=O)O)CC1OC. The van der Waals surface area contributed by atoms with E-state index < -0.39 is 5.97 Å². The van der Waals surface area contributed by atoms with Gasteiger partial charge in [-0.2, -0.15) is 0 Å². The van der Waals surface area contributed by atoms with Crippen LogP contribution >= 0.6 is 0 Å². The molecule has 1 heterocycles. The summed E-state index contributed by atoms with van der Waals surface area (Å²) in [4.78, 5) is 25.5. The maximum Gasteiger partial charge on any atom is 0.319 e. The molecule has 0 aromatic carbocycles. The van der Waals surface area contributed by atoms with Crippen LogP contribution in [0.25, 0.3) is 0 Å². The van der Waals surface area contributed by atoms with Crippen LogP contribution in [0.5, 0.6) is 0 Å². The number of amides is 2. The first-order valence-corrected chi connectivity index (χ1v) is 5.77. The number of rotatable bonds is 5. The first kappa shape index (κ1) is 14.7. The molecule has 1 fully saturated rings. The lowest BCUT2D eigenvalue weighted by molar-refractivity contribution is -0.137. The molecular weight excluding hydrogens is 240 g/mol. The van der Waals surface area contributed by atoms with Crippen molar-refractivity contribution in [3.05, 3.63) is 0 Å². The van der Waals surface area contributed by atoms with E-state index in [4.69, 9.17) is 14.6 Å². The predicted octanol–water partition coefficient (Wildman–Crippen LogP) is -0.141. The number of likely N-dealkylation sites (tertiary alicyclic amines) is 1. The second-order valence-electron chi connectivity index (χ2n) is 4.30. The molecule has 1 N–H and O–H groups in total. The fourth-order valence-electron chi connectivity index (χ4n) is 1.95. The summed E-state index contributed by atoms with van der Waals surface area (Å²) in [6.45, 7) is 1.12. The molecular formula is C11H20N2O5. The second-order valence-corrected chi connectivity index (χ2v) is 4.30. The van der Waals surface area contributed by atoms with Gasteiger partial charge in [-0.15, -0.1) is 0 Å². The Labute approximate surface area is 106 Å². The summed E-state index contributed by atoms with van der Waals surface area (Å²) in [5.41, 5.74) is 0. The number of hydrogen-bond donors (Lipinski definition) is 1. The van der Waals surface area contributed by atoms with Gasteiger partial charge in [-0.1, -0.05) is 0 Å². The van der Waals surface area contributed by atoms with Crippen molar-refractivity contribution in [1.29, 1.82) is 0 Å². The van der Waals surface area contributed by atoms with Crippen LogP contribution in [0, 0.1) is 0 Å². The zero-order valence-electron chi connectivity index (χ0n) is 11.0. The topological polar surface area (TPSA) is 79.3 Å². The molecule has 7 nitrogen and oxygen atoms in total. The van der Waals surface area contributed by atoms with Crippen LogP contribution in [-0.2, 0) is 14.3 Å². The summed E-state index contributed by atoms with van der Waals surface area (Å²) in [7, 11) is 4.75. The number of carboxylic acid groups (broad SMARTS) is 1. The average Bonchev–Trinajstić information content (AvgIpc) is 2.77. The third-order valence-electron chi connectivity index (χ3n) is 3.08. The number of carboxylic acids is 1. The minimum absolute atomic E-state index is 0.0580. The van der Waals surface area contributed by atoms with Gasteiger partial charge in [0.15, 0.2) is 0 Å². The molecule has 1 saturated heterocycles. The Balaban J connectivity index is 2.50. The molecule has 0 saturated carbocycles. The molecule has 0 aliphatic carbocycles. The van der Waals surface area contributed by atoms with Gasteiger partial charge < -0.3 is 24.4 Å². The first-order chi connectivity index (χ1) is 8.49. The molecule has 18 heavy (non-hydrogen) atoms. The minimum Gasteiger partial charge on any atom is -0.481 e. The molecule has 0 aromatic heterocycles. The van der Waals surface area contributed by atoms with E-state index in [0.717, 1.165) is 0 Å². The molecule has 2 atom stereocenters. The largest absolute Gasteiger partial charge is 0.481 e. The number of ether oxygens (including phenoxy) is 2. The van der Waals surface area contributed by atoms with Crippen molar-refractivity contribution in [2.24, 2.45) is 0 Å². The van der Waals surface area contributed by atoms with E-state index in [9.17, 15) is 9.59 Å². The molecule has 1 aliphatic heterocycles. The van der Waals surface area contributed by atoms with Crippen molar-refractivity contribution >= 4 is 12.0 Å². The van der Waals surface area contributed by atoms with Gasteiger partial charge in [0.05, 0.1) is 19.5 Å². The highest BCUT2D eigenvalue weighted by Crippen LogP contribution is 2.17. The number of nitrogens with zero attached hydrogens (tertiary/aromatic N) is 2. The Kier molecular flexibility index (Phi) is 5.36. The summed E-state index contributed by atoms with van der Waals surface area (Å²) in [5.74, 6) is -0.916. The highest BCUT2D eigenvalue weighted by Gasteiger charge is 2.36. The van der Waals surface area contributed by atoms with Crippen LogP contribution in [0.3, 0.4) is 0 Å². The Bertz CT molecular complexity index is 298. The monoisotopic (exact) mass is 260 g/mol. The summed E-state index contributed by atoms with van der Waals surface area (Å²) in [5, 5.41) is 8.58. The third kappa shape index (κ3) is 3.58. The van der Waals surface area contributed by atoms with Gasteiger partial charge in [0.25, 0.3) is 0 Å². The van der Waals surface area contributed by atoms with E-state index in [1.165, 1.54) is 4.90 Å². The number of methoxy groups -OCH3 is 2. The van der Waals surface area contributed by atoms with E-state index in [1.54, 1.807) is 26.2 Å². The molecule has 0 bridgehead atoms. The summed E-state index contributed by atoms with van der Waals surface area (Å²) in [6, 6.07) is -0.196. The summed E-state index contributed by atoms with van der Waals surface area (Å²) < 4.78 is 10.5. The van der Waals surface area contributed by atoms with Crippen molar-refractivity contribution in [1.82, 2.24) is 9.80 Å². The van der Waals surface area contributed by atoms with Crippen molar-refractivity contribution < 1.29 is 24.2 Å². The maximum atomic E-state index is 12.0. The molecule has 104 valence electrons. The lowest BCUT2D eigenvalue weighted by Gasteiger charge is -2.23. The smallest absolute Gasteiger partial charge is 0.319 e. The lowest BCUT2D eigenvalue weighted by atomic mass is 10.3. The Hall–Kier alpha value is -1.34. The van der Waals surface area contributed by atoms with Crippen molar-refractivity contribution in [2.75, 3.05) is 40.9 Å². The number of urea groups is 1. The Morgan fingerprint density at radius 2 is 1.78 bits per heavy atom. The number of carbonyl (C=O) groups excluding carboxylic acids is 1. The van der Waals surface area contributed by atoms with Crippen LogP contribution < -0.4 is 0 Å². The number of hydrogen-bond acceptors (Lipinski definition) is 4. The Morgan fingerprint density at radius 1 is 1.28 bits per heavy atom. The highest BCUT2D eigenvalue weighted by atomic mass is 16.5.